The lowest BCUT2D eigenvalue weighted by Crippen LogP contribution is -1.96. The maximum Gasteiger partial charge on any atom is 0.130 e. The Bertz CT molecular complexity index is 480. The van der Waals surface area contributed by atoms with Crippen LogP contribution in [-0.2, 0) is 13.0 Å². The van der Waals surface area contributed by atoms with Gasteiger partial charge in [0.25, 0.3) is 0 Å². The third kappa shape index (κ3) is 3.06. The molecule has 0 amide bonds. The minimum atomic E-state index is -0.196. The van der Waals surface area contributed by atoms with Crippen molar-refractivity contribution in [3.05, 3.63) is 65.5 Å². The number of rotatable bonds is 4. The van der Waals surface area contributed by atoms with Gasteiger partial charge in [-0.3, -0.25) is 0 Å². The van der Waals surface area contributed by atoms with E-state index in [1.807, 2.05) is 43.3 Å². The number of halogens is 1. The summed E-state index contributed by atoms with van der Waals surface area (Å²) in [5.41, 5.74) is 1.80. The van der Waals surface area contributed by atoms with Gasteiger partial charge in [0.2, 0.25) is 0 Å². The van der Waals surface area contributed by atoms with Crippen molar-refractivity contribution in [3.63, 3.8) is 0 Å². The second-order valence-electron chi connectivity index (χ2n) is 3.88. The van der Waals surface area contributed by atoms with Crippen LogP contribution in [0.3, 0.4) is 0 Å². The Morgan fingerprint density at radius 1 is 1.06 bits per heavy atom. The van der Waals surface area contributed by atoms with Crippen molar-refractivity contribution in [3.8, 4) is 5.75 Å². The normalized spacial score (nSPS) is 10.2. The molecule has 0 aromatic heterocycles. The number of hydrogen-bond acceptors (Lipinski definition) is 1. The second-order valence-corrected chi connectivity index (χ2v) is 3.88. The van der Waals surface area contributed by atoms with Gasteiger partial charge in [0, 0.05) is 6.07 Å². The topological polar surface area (TPSA) is 9.23 Å². The molecule has 2 rings (SSSR count). The van der Waals surface area contributed by atoms with Crippen LogP contribution < -0.4 is 4.74 Å². The van der Waals surface area contributed by atoms with E-state index in [0.717, 1.165) is 11.1 Å². The fourth-order valence-corrected chi connectivity index (χ4v) is 1.65. The predicted octanol–water partition coefficient (Wildman–Crippen LogP) is 3.97. The zero-order valence-electron chi connectivity index (χ0n) is 9.82. The molecule has 0 bridgehead atoms. The van der Waals surface area contributed by atoms with Crippen molar-refractivity contribution in [1.29, 1.82) is 0 Å². The molecule has 0 aliphatic rings. The maximum absolute atomic E-state index is 13.5. The highest BCUT2D eigenvalue weighted by Gasteiger charge is 2.02. The third-order valence-corrected chi connectivity index (χ3v) is 2.65. The first kappa shape index (κ1) is 11.6. The Labute approximate surface area is 101 Å². The fraction of sp³-hybridized carbons (Fsp3) is 0.200. The van der Waals surface area contributed by atoms with E-state index in [-0.39, 0.29) is 5.82 Å². The SMILES string of the molecule is CCc1ccc(OCc2ccccc2)cc1F. The van der Waals surface area contributed by atoms with Crippen molar-refractivity contribution in [1.82, 2.24) is 0 Å². The smallest absolute Gasteiger partial charge is 0.130 e. The number of hydrogen-bond donors (Lipinski definition) is 0. The van der Waals surface area contributed by atoms with Crippen LogP contribution in [0.2, 0.25) is 0 Å². The first-order valence-corrected chi connectivity index (χ1v) is 5.74. The molecule has 2 heteroatoms. The van der Waals surface area contributed by atoms with Crippen LogP contribution >= 0.6 is 0 Å². The van der Waals surface area contributed by atoms with E-state index in [1.165, 1.54) is 6.07 Å². The molecule has 1 nitrogen and oxygen atoms in total. The predicted molar refractivity (Wildman–Crippen MR) is 66.6 cm³/mol. The Morgan fingerprint density at radius 2 is 1.82 bits per heavy atom. The molecule has 0 spiro atoms. The summed E-state index contributed by atoms with van der Waals surface area (Å²) in [6.07, 6.45) is 0.699. The molecule has 0 saturated heterocycles. The van der Waals surface area contributed by atoms with Crippen LogP contribution in [-0.4, -0.2) is 0 Å². The monoisotopic (exact) mass is 230 g/mol. The lowest BCUT2D eigenvalue weighted by molar-refractivity contribution is 0.304. The summed E-state index contributed by atoms with van der Waals surface area (Å²) in [5, 5.41) is 0. The molecule has 0 aliphatic heterocycles. The lowest BCUT2D eigenvalue weighted by Gasteiger charge is -2.07. The van der Waals surface area contributed by atoms with Crippen molar-refractivity contribution in [2.45, 2.75) is 20.0 Å². The van der Waals surface area contributed by atoms with Crippen molar-refractivity contribution in [2.24, 2.45) is 0 Å². The molecule has 0 atom stereocenters. The van der Waals surface area contributed by atoms with Gasteiger partial charge in [0.15, 0.2) is 0 Å². The van der Waals surface area contributed by atoms with Crippen molar-refractivity contribution >= 4 is 0 Å². The average Bonchev–Trinajstić information content (AvgIpc) is 2.38. The standard InChI is InChI=1S/C15H15FO/c1-2-13-8-9-14(10-15(13)16)17-11-12-6-4-3-5-7-12/h3-10H,2,11H2,1H3. The van der Waals surface area contributed by atoms with Gasteiger partial charge < -0.3 is 4.74 Å². The van der Waals surface area contributed by atoms with Crippen LogP contribution in [0.25, 0.3) is 0 Å². The van der Waals surface area contributed by atoms with Crippen molar-refractivity contribution < 1.29 is 9.13 Å². The summed E-state index contributed by atoms with van der Waals surface area (Å²) < 4.78 is 19.0. The summed E-state index contributed by atoms with van der Waals surface area (Å²) >= 11 is 0. The molecule has 0 heterocycles. The van der Waals surface area contributed by atoms with Crippen molar-refractivity contribution in [2.75, 3.05) is 0 Å². The summed E-state index contributed by atoms with van der Waals surface area (Å²) in [6, 6.07) is 14.9. The molecule has 0 aliphatic carbocycles. The van der Waals surface area contributed by atoms with E-state index in [0.29, 0.717) is 18.8 Å². The van der Waals surface area contributed by atoms with Gasteiger partial charge in [0.05, 0.1) is 0 Å². The highest BCUT2D eigenvalue weighted by molar-refractivity contribution is 5.29. The summed E-state index contributed by atoms with van der Waals surface area (Å²) in [6.45, 7) is 2.40. The maximum atomic E-state index is 13.5. The van der Waals surface area contributed by atoms with Gasteiger partial charge in [-0.1, -0.05) is 43.3 Å². The average molecular weight is 230 g/mol. The zero-order chi connectivity index (χ0) is 12.1. The minimum Gasteiger partial charge on any atom is -0.489 e. The second kappa shape index (κ2) is 5.48. The van der Waals surface area contributed by atoms with Gasteiger partial charge in [-0.05, 0) is 23.6 Å². The van der Waals surface area contributed by atoms with E-state index in [9.17, 15) is 4.39 Å². The molecule has 0 fully saturated rings. The molecule has 17 heavy (non-hydrogen) atoms. The molecule has 2 aromatic carbocycles. The highest BCUT2D eigenvalue weighted by Crippen LogP contribution is 2.18. The Morgan fingerprint density at radius 3 is 2.47 bits per heavy atom. The molecular weight excluding hydrogens is 215 g/mol. The van der Waals surface area contributed by atoms with Gasteiger partial charge in [-0.25, -0.2) is 4.39 Å². The first-order chi connectivity index (χ1) is 8.29. The van der Waals surface area contributed by atoms with E-state index < -0.39 is 0 Å². The van der Waals surface area contributed by atoms with Crippen LogP contribution in [0, 0.1) is 5.82 Å². The molecule has 0 radical (unpaired) electrons. The molecule has 88 valence electrons. The number of ether oxygens (including phenoxy) is 1. The third-order valence-electron chi connectivity index (χ3n) is 2.65. The van der Waals surface area contributed by atoms with Gasteiger partial charge >= 0.3 is 0 Å². The van der Waals surface area contributed by atoms with Crippen LogP contribution in [0.4, 0.5) is 4.39 Å². The van der Waals surface area contributed by atoms with Crippen LogP contribution in [0.1, 0.15) is 18.1 Å². The number of aryl methyl sites for hydroxylation is 1. The molecule has 0 N–H and O–H groups in total. The van der Waals surface area contributed by atoms with Gasteiger partial charge in [-0.15, -0.1) is 0 Å². The quantitative estimate of drug-likeness (QED) is 0.772. The molecular formula is C15H15FO. The van der Waals surface area contributed by atoms with Gasteiger partial charge in [-0.2, -0.15) is 0 Å². The highest BCUT2D eigenvalue weighted by atomic mass is 19.1. The van der Waals surface area contributed by atoms with E-state index in [2.05, 4.69) is 0 Å². The first-order valence-electron chi connectivity index (χ1n) is 5.74. The van der Waals surface area contributed by atoms with E-state index >= 15 is 0 Å². The Balaban J connectivity index is 2.02. The van der Waals surface area contributed by atoms with Crippen LogP contribution in [0.15, 0.2) is 48.5 Å². The largest absolute Gasteiger partial charge is 0.489 e. The fourth-order valence-electron chi connectivity index (χ4n) is 1.65. The summed E-state index contributed by atoms with van der Waals surface area (Å²) in [4.78, 5) is 0. The number of benzene rings is 2. The molecule has 2 aromatic rings. The van der Waals surface area contributed by atoms with E-state index in [4.69, 9.17) is 4.74 Å². The zero-order valence-corrected chi connectivity index (χ0v) is 9.82. The van der Waals surface area contributed by atoms with E-state index in [1.54, 1.807) is 6.07 Å². The Kier molecular flexibility index (Phi) is 3.76. The summed E-state index contributed by atoms with van der Waals surface area (Å²) in [7, 11) is 0. The summed E-state index contributed by atoms with van der Waals surface area (Å²) in [5.74, 6) is 0.376. The van der Waals surface area contributed by atoms with Gasteiger partial charge in [0.1, 0.15) is 18.2 Å². The molecule has 0 unspecified atom stereocenters. The molecule has 0 saturated carbocycles. The minimum absolute atomic E-state index is 0.196. The van der Waals surface area contributed by atoms with Crippen LogP contribution in [0.5, 0.6) is 5.75 Å². The lowest BCUT2D eigenvalue weighted by atomic mass is 10.1. The Hall–Kier alpha value is -1.83.